The molecule has 0 aromatic heterocycles. The molecule has 2 nitrogen and oxygen atoms in total. The number of fused-ring (bicyclic) bond motifs is 1. The zero-order chi connectivity index (χ0) is 13.3. The molecule has 5 heteroatoms. The second-order valence-corrected chi connectivity index (χ2v) is 4.82. The monoisotopic (exact) mass is 259 g/mol. The van der Waals surface area contributed by atoms with Crippen molar-refractivity contribution < 1.29 is 18.3 Å². The van der Waals surface area contributed by atoms with Gasteiger partial charge in [-0.3, -0.25) is 0 Å². The molecule has 0 fully saturated rings. The lowest BCUT2D eigenvalue weighted by molar-refractivity contribution is -0.139. The van der Waals surface area contributed by atoms with Gasteiger partial charge in [-0.1, -0.05) is 12.1 Å². The molecule has 0 spiro atoms. The van der Waals surface area contributed by atoms with Crippen LogP contribution in [-0.4, -0.2) is 17.3 Å². The third kappa shape index (κ3) is 2.96. The highest BCUT2D eigenvalue weighted by atomic mass is 19.4. The Morgan fingerprint density at radius 3 is 2.83 bits per heavy atom. The maximum Gasteiger partial charge on any atom is 0.390 e. The number of nitrogens with one attached hydrogen (secondary N) is 1. The fourth-order valence-corrected chi connectivity index (χ4v) is 2.56. The number of hydrogen-bond acceptors (Lipinski definition) is 2. The maximum atomic E-state index is 12.3. The molecule has 0 heterocycles. The number of halogens is 3. The second-order valence-electron chi connectivity index (χ2n) is 4.82. The number of hydrogen-bond donors (Lipinski definition) is 2. The van der Waals surface area contributed by atoms with Crippen LogP contribution < -0.4 is 5.32 Å². The summed E-state index contributed by atoms with van der Waals surface area (Å²) in [5.74, 6) is 0.236. The maximum absolute atomic E-state index is 12.3. The van der Waals surface area contributed by atoms with Gasteiger partial charge in [0.1, 0.15) is 5.75 Å². The van der Waals surface area contributed by atoms with Crippen LogP contribution in [0.3, 0.4) is 0 Å². The van der Waals surface area contributed by atoms with E-state index < -0.39 is 18.6 Å². The van der Waals surface area contributed by atoms with E-state index in [1.807, 2.05) is 6.07 Å². The first-order valence-corrected chi connectivity index (χ1v) is 6.00. The Labute approximate surface area is 104 Å². The number of aromatic hydroxyl groups is 1. The van der Waals surface area contributed by atoms with E-state index >= 15 is 0 Å². The van der Waals surface area contributed by atoms with E-state index in [1.165, 1.54) is 6.92 Å². The van der Waals surface area contributed by atoms with Crippen molar-refractivity contribution in [1.82, 2.24) is 5.32 Å². The lowest BCUT2D eigenvalue weighted by atomic mass is 10.1. The Bertz CT molecular complexity index is 431. The van der Waals surface area contributed by atoms with Crippen LogP contribution >= 0.6 is 0 Å². The van der Waals surface area contributed by atoms with Crippen LogP contribution in [0.15, 0.2) is 18.2 Å². The van der Waals surface area contributed by atoms with Crippen molar-refractivity contribution in [3.8, 4) is 5.75 Å². The number of rotatable bonds is 3. The predicted octanol–water partition coefficient (Wildman–Crippen LogP) is 3.31. The third-order valence-corrected chi connectivity index (χ3v) is 3.27. The van der Waals surface area contributed by atoms with Gasteiger partial charge in [-0.05, 0) is 37.0 Å². The molecule has 0 aliphatic heterocycles. The molecule has 2 N–H and O–H groups in total. The van der Waals surface area contributed by atoms with Crippen LogP contribution in [0.5, 0.6) is 5.75 Å². The molecule has 0 amide bonds. The molecule has 2 rings (SSSR count). The van der Waals surface area contributed by atoms with Gasteiger partial charge in [0.25, 0.3) is 0 Å². The van der Waals surface area contributed by atoms with Gasteiger partial charge >= 0.3 is 6.18 Å². The molecule has 0 bridgehead atoms. The molecule has 2 unspecified atom stereocenters. The van der Waals surface area contributed by atoms with Crippen molar-refractivity contribution >= 4 is 0 Å². The average molecular weight is 259 g/mol. The Hall–Kier alpha value is -1.23. The van der Waals surface area contributed by atoms with Crippen LogP contribution in [0.2, 0.25) is 0 Å². The van der Waals surface area contributed by atoms with Crippen molar-refractivity contribution in [2.75, 3.05) is 0 Å². The molecule has 2 atom stereocenters. The van der Waals surface area contributed by atoms with Gasteiger partial charge in [-0.15, -0.1) is 0 Å². The SMILES string of the molecule is CC(CC(F)(F)F)NC1CCc2c(O)cccc21. The smallest absolute Gasteiger partial charge is 0.390 e. The first-order valence-electron chi connectivity index (χ1n) is 6.00. The molecule has 0 radical (unpaired) electrons. The molecule has 100 valence electrons. The Balaban J connectivity index is 2.04. The minimum atomic E-state index is -4.15. The van der Waals surface area contributed by atoms with Gasteiger partial charge in [0.05, 0.1) is 6.42 Å². The van der Waals surface area contributed by atoms with Gasteiger partial charge in [-0.25, -0.2) is 0 Å². The van der Waals surface area contributed by atoms with E-state index in [9.17, 15) is 18.3 Å². The van der Waals surface area contributed by atoms with Crippen molar-refractivity contribution in [1.29, 1.82) is 0 Å². The van der Waals surface area contributed by atoms with E-state index in [1.54, 1.807) is 12.1 Å². The number of phenols is 1. The second kappa shape index (κ2) is 4.80. The summed E-state index contributed by atoms with van der Waals surface area (Å²) < 4.78 is 36.8. The molecule has 1 aliphatic rings. The van der Waals surface area contributed by atoms with E-state index in [4.69, 9.17) is 0 Å². The molecule has 0 saturated carbocycles. The Kier molecular flexibility index (Phi) is 3.52. The number of phenolic OH excluding ortho intramolecular Hbond substituents is 1. The average Bonchev–Trinajstić information content (AvgIpc) is 2.60. The van der Waals surface area contributed by atoms with Crippen LogP contribution in [-0.2, 0) is 6.42 Å². The van der Waals surface area contributed by atoms with Gasteiger partial charge in [0.15, 0.2) is 0 Å². The fourth-order valence-electron chi connectivity index (χ4n) is 2.56. The van der Waals surface area contributed by atoms with Crippen LogP contribution in [0.1, 0.15) is 36.9 Å². The van der Waals surface area contributed by atoms with Crippen LogP contribution in [0.25, 0.3) is 0 Å². The van der Waals surface area contributed by atoms with E-state index in [-0.39, 0.29) is 11.8 Å². The quantitative estimate of drug-likeness (QED) is 0.872. The highest BCUT2D eigenvalue weighted by Gasteiger charge is 2.32. The van der Waals surface area contributed by atoms with Gasteiger partial charge in [-0.2, -0.15) is 13.2 Å². The largest absolute Gasteiger partial charge is 0.508 e. The highest BCUT2D eigenvalue weighted by Crippen LogP contribution is 2.37. The predicted molar refractivity (Wildman–Crippen MR) is 62.4 cm³/mol. The summed E-state index contributed by atoms with van der Waals surface area (Å²) in [6.07, 6.45) is -3.54. The minimum absolute atomic E-state index is 0.0931. The fraction of sp³-hybridized carbons (Fsp3) is 0.538. The summed E-state index contributed by atoms with van der Waals surface area (Å²) in [5.41, 5.74) is 1.78. The van der Waals surface area contributed by atoms with Crippen LogP contribution in [0, 0.1) is 0 Å². The first kappa shape index (κ1) is 13.2. The summed E-state index contributed by atoms with van der Waals surface area (Å²) >= 11 is 0. The summed E-state index contributed by atoms with van der Waals surface area (Å²) in [7, 11) is 0. The lowest BCUT2D eigenvalue weighted by Gasteiger charge is -2.21. The van der Waals surface area contributed by atoms with E-state index in [0.29, 0.717) is 6.42 Å². The van der Waals surface area contributed by atoms with Crippen molar-refractivity contribution in [3.05, 3.63) is 29.3 Å². The molecular weight excluding hydrogens is 243 g/mol. The summed E-state index contributed by atoms with van der Waals surface area (Å²) in [6.45, 7) is 1.54. The lowest BCUT2D eigenvalue weighted by Crippen LogP contribution is -2.33. The standard InChI is InChI=1S/C13H16F3NO/c1-8(7-13(14,15)16)17-11-6-5-10-9(11)3-2-4-12(10)18/h2-4,8,11,17-18H,5-7H2,1H3. The van der Waals surface area contributed by atoms with Gasteiger partial charge in [0.2, 0.25) is 0 Å². The van der Waals surface area contributed by atoms with Gasteiger partial charge in [0, 0.05) is 12.1 Å². The normalized spacial score (nSPS) is 20.8. The Morgan fingerprint density at radius 1 is 1.44 bits per heavy atom. The van der Waals surface area contributed by atoms with Crippen molar-refractivity contribution in [3.63, 3.8) is 0 Å². The summed E-state index contributed by atoms with van der Waals surface area (Å²) in [6, 6.07) is 4.48. The summed E-state index contributed by atoms with van der Waals surface area (Å²) in [5, 5.41) is 12.6. The first-order chi connectivity index (χ1) is 8.37. The molecule has 1 aliphatic carbocycles. The molecule has 0 saturated heterocycles. The topological polar surface area (TPSA) is 32.3 Å². The number of alkyl halides is 3. The van der Waals surface area contributed by atoms with Crippen LogP contribution in [0.4, 0.5) is 13.2 Å². The number of benzene rings is 1. The minimum Gasteiger partial charge on any atom is -0.508 e. The molecule has 18 heavy (non-hydrogen) atoms. The molecular formula is C13H16F3NO. The highest BCUT2D eigenvalue weighted by molar-refractivity contribution is 5.44. The summed E-state index contributed by atoms with van der Waals surface area (Å²) in [4.78, 5) is 0. The third-order valence-electron chi connectivity index (χ3n) is 3.27. The van der Waals surface area contributed by atoms with Crippen molar-refractivity contribution in [2.45, 2.75) is 44.4 Å². The Morgan fingerprint density at radius 2 is 2.17 bits per heavy atom. The zero-order valence-electron chi connectivity index (χ0n) is 10.1. The van der Waals surface area contributed by atoms with E-state index in [2.05, 4.69) is 5.32 Å². The van der Waals surface area contributed by atoms with E-state index in [0.717, 1.165) is 17.5 Å². The molecule has 1 aromatic carbocycles. The van der Waals surface area contributed by atoms with Gasteiger partial charge < -0.3 is 10.4 Å². The zero-order valence-corrected chi connectivity index (χ0v) is 10.1. The molecule has 1 aromatic rings. The van der Waals surface area contributed by atoms with Crippen molar-refractivity contribution in [2.24, 2.45) is 0 Å².